The molecule has 0 aromatic carbocycles. The maximum absolute atomic E-state index is 13.4. The van der Waals surface area contributed by atoms with Crippen LogP contribution in [0.5, 0.6) is 0 Å². The van der Waals surface area contributed by atoms with E-state index >= 15 is 0 Å². The highest BCUT2D eigenvalue weighted by Gasteiger charge is 2.56. The lowest BCUT2D eigenvalue weighted by atomic mass is 9.45. The van der Waals surface area contributed by atoms with Gasteiger partial charge < -0.3 is 5.11 Å². The molecule has 0 radical (unpaired) electrons. The van der Waals surface area contributed by atoms with Gasteiger partial charge in [0.1, 0.15) is 12.4 Å². The van der Waals surface area contributed by atoms with Crippen LogP contribution >= 0.6 is 0 Å². The largest absolute Gasteiger partial charge is 0.390 e. The van der Waals surface area contributed by atoms with Crippen molar-refractivity contribution in [3.8, 4) is 0 Å². The first kappa shape index (κ1) is 21.5. The standard InChI is InChI=1S/C25H40N4O2/c1-16-26-27-28-29(16)15-23(30)22-8-4-7-21-20-10-9-17-14-24(2,31)12-5-6-18(17)19(20)11-13-25(21,22)3/h17-22,31H,4-15H2,1-3H3/t17-,18+,19-,20-,21+,22-,24-,25+/m1/s1. The van der Waals surface area contributed by atoms with Crippen molar-refractivity contribution in [3.63, 3.8) is 0 Å². The number of carbonyl (C=O) groups excluding carboxylic acids is 1. The number of hydrogen-bond acceptors (Lipinski definition) is 5. The first-order chi connectivity index (χ1) is 14.8. The van der Waals surface area contributed by atoms with Crippen molar-refractivity contribution < 1.29 is 9.90 Å². The lowest BCUT2D eigenvalue weighted by molar-refractivity contribution is -0.144. The molecule has 0 unspecified atom stereocenters. The second-order valence-corrected chi connectivity index (χ2v) is 11.9. The summed E-state index contributed by atoms with van der Waals surface area (Å²) < 4.78 is 1.67. The zero-order valence-electron chi connectivity index (χ0n) is 19.6. The van der Waals surface area contributed by atoms with E-state index in [-0.39, 0.29) is 11.3 Å². The number of hydrogen-bond donors (Lipinski definition) is 1. The monoisotopic (exact) mass is 428 g/mol. The van der Waals surface area contributed by atoms with Gasteiger partial charge in [0.25, 0.3) is 0 Å². The van der Waals surface area contributed by atoms with E-state index in [4.69, 9.17) is 0 Å². The number of aliphatic hydroxyl groups is 1. The fraction of sp³-hybridized carbons (Fsp3) is 0.920. The average molecular weight is 429 g/mol. The lowest BCUT2D eigenvalue weighted by Crippen LogP contribution is -2.54. The van der Waals surface area contributed by atoms with E-state index in [0.29, 0.717) is 24.2 Å². The topological polar surface area (TPSA) is 80.9 Å². The van der Waals surface area contributed by atoms with Crippen LogP contribution in [0.15, 0.2) is 0 Å². The maximum atomic E-state index is 13.4. The maximum Gasteiger partial charge on any atom is 0.158 e. The van der Waals surface area contributed by atoms with Gasteiger partial charge in [0.15, 0.2) is 5.78 Å². The molecule has 0 saturated heterocycles. The minimum atomic E-state index is -0.466. The normalized spacial score (nSPS) is 45.2. The van der Waals surface area contributed by atoms with Crippen molar-refractivity contribution in [2.24, 2.45) is 40.9 Å². The van der Waals surface area contributed by atoms with E-state index < -0.39 is 5.60 Å². The molecule has 0 aliphatic heterocycles. The van der Waals surface area contributed by atoms with Crippen molar-refractivity contribution in [2.75, 3.05) is 0 Å². The molecular weight excluding hydrogens is 388 g/mol. The van der Waals surface area contributed by atoms with Crippen LogP contribution in [0.3, 0.4) is 0 Å². The molecule has 5 rings (SSSR count). The predicted molar refractivity (Wildman–Crippen MR) is 118 cm³/mol. The van der Waals surface area contributed by atoms with Gasteiger partial charge in [0, 0.05) is 5.92 Å². The third kappa shape index (κ3) is 3.77. The van der Waals surface area contributed by atoms with Gasteiger partial charge >= 0.3 is 0 Å². The van der Waals surface area contributed by atoms with Crippen LogP contribution in [-0.2, 0) is 11.3 Å². The quantitative estimate of drug-likeness (QED) is 0.774. The Kier molecular flexibility index (Phi) is 5.51. The molecule has 4 fully saturated rings. The molecule has 6 nitrogen and oxygen atoms in total. The Hall–Kier alpha value is -1.30. The summed E-state index contributed by atoms with van der Waals surface area (Å²) in [7, 11) is 0. The van der Waals surface area contributed by atoms with Crippen molar-refractivity contribution in [2.45, 2.75) is 104 Å². The minimum Gasteiger partial charge on any atom is -0.390 e. The average Bonchev–Trinajstić information content (AvgIpc) is 3.04. The Morgan fingerprint density at radius 3 is 2.65 bits per heavy atom. The molecule has 172 valence electrons. The van der Waals surface area contributed by atoms with E-state index in [1.165, 1.54) is 51.4 Å². The number of rotatable bonds is 3. The van der Waals surface area contributed by atoms with Crippen LogP contribution in [0.4, 0.5) is 0 Å². The molecule has 1 heterocycles. The molecule has 31 heavy (non-hydrogen) atoms. The van der Waals surface area contributed by atoms with Crippen LogP contribution in [0, 0.1) is 47.8 Å². The molecule has 0 amide bonds. The van der Waals surface area contributed by atoms with E-state index in [2.05, 4.69) is 29.4 Å². The fourth-order valence-electron chi connectivity index (χ4n) is 8.70. The number of carbonyl (C=O) groups is 1. The molecule has 1 aromatic rings. The summed E-state index contributed by atoms with van der Waals surface area (Å²) in [6, 6.07) is 0. The molecule has 0 bridgehead atoms. The number of nitrogens with zero attached hydrogens (tertiary/aromatic N) is 4. The molecule has 1 aromatic heterocycles. The van der Waals surface area contributed by atoms with Gasteiger partial charge in [0.05, 0.1) is 5.60 Å². The van der Waals surface area contributed by atoms with Gasteiger partial charge in [-0.05, 0) is 117 Å². The summed E-state index contributed by atoms with van der Waals surface area (Å²) in [4.78, 5) is 13.4. The zero-order chi connectivity index (χ0) is 21.8. The van der Waals surface area contributed by atoms with E-state index in [1.54, 1.807) is 4.68 Å². The number of aromatic nitrogens is 4. The van der Waals surface area contributed by atoms with Crippen LogP contribution in [-0.4, -0.2) is 36.7 Å². The number of aryl methyl sites for hydroxylation is 1. The highest BCUT2D eigenvalue weighted by molar-refractivity contribution is 5.81. The van der Waals surface area contributed by atoms with E-state index in [0.717, 1.165) is 42.8 Å². The molecule has 4 aliphatic rings. The van der Waals surface area contributed by atoms with E-state index in [9.17, 15) is 9.90 Å². The molecule has 1 N–H and O–H groups in total. The molecular formula is C25H40N4O2. The van der Waals surface area contributed by atoms with Gasteiger partial charge in [-0.25, -0.2) is 4.68 Å². The number of Topliss-reactive ketones (excluding diaryl/α,β-unsaturated/α-hetero) is 1. The molecule has 8 atom stereocenters. The van der Waals surface area contributed by atoms with Crippen LogP contribution in [0.1, 0.15) is 90.3 Å². The second kappa shape index (κ2) is 7.93. The lowest BCUT2D eigenvalue weighted by Gasteiger charge is -2.59. The molecule has 4 saturated carbocycles. The smallest absolute Gasteiger partial charge is 0.158 e. The minimum absolute atomic E-state index is 0.126. The van der Waals surface area contributed by atoms with Crippen LogP contribution in [0.25, 0.3) is 0 Å². The summed E-state index contributed by atoms with van der Waals surface area (Å²) in [6.45, 7) is 6.68. The van der Waals surface area contributed by atoms with Crippen molar-refractivity contribution >= 4 is 5.78 Å². The van der Waals surface area contributed by atoms with Gasteiger partial charge in [-0.3, -0.25) is 4.79 Å². The zero-order valence-corrected chi connectivity index (χ0v) is 19.6. The van der Waals surface area contributed by atoms with Gasteiger partial charge in [-0.15, -0.1) is 5.10 Å². The Morgan fingerprint density at radius 1 is 1.03 bits per heavy atom. The van der Waals surface area contributed by atoms with E-state index in [1.807, 2.05) is 6.92 Å². The number of ketones is 1. The summed E-state index contributed by atoms with van der Waals surface area (Å²) in [5.41, 5.74) is -0.340. The summed E-state index contributed by atoms with van der Waals surface area (Å²) in [6.07, 6.45) is 13.0. The molecule has 0 spiro atoms. The van der Waals surface area contributed by atoms with Crippen molar-refractivity contribution in [1.29, 1.82) is 0 Å². The summed E-state index contributed by atoms with van der Waals surface area (Å²) >= 11 is 0. The van der Waals surface area contributed by atoms with Gasteiger partial charge in [-0.1, -0.05) is 19.8 Å². The van der Waals surface area contributed by atoms with Crippen LogP contribution < -0.4 is 0 Å². The Morgan fingerprint density at radius 2 is 1.87 bits per heavy atom. The summed E-state index contributed by atoms with van der Waals surface area (Å²) in [5.74, 6) is 4.94. The Balaban J connectivity index is 1.35. The third-order valence-corrected chi connectivity index (χ3v) is 10.1. The Bertz CT molecular complexity index is 820. The SMILES string of the molecule is Cc1nnnn1CC(=O)[C@H]1CCC[C@H]2[C@@H]3CC[C@@H]4C[C@](C)(O)CCC[C@@H]4[C@H]3CC[C@]12C. The first-order valence-electron chi connectivity index (χ1n) is 12.8. The Labute approximate surface area is 186 Å². The third-order valence-electron chi connectivity index (χ3n) is 10.1. The number of fused-ring (bicyclic) bond motifs is 5. The second-order valence-electron chi connectivity index (χ2n) is 11.9. The highest BCUT2D eigenvalue weighted by atomic mass is 16.3. The summed E-state index contributed by atoms with van der Waals surface area (Å²) in [5, 5.41) is 22.5. The van der Waals surface area contributed by atoms with Crippen molar-refractivity contribution in [1.82, 2.24) is 20.2 Å². The fourth-order valence-corrected chi connectivity index (χ4v) is 8.70. The molecule has 6 heteroatoms. The van der Waals surface area contributed by atoms with Crippen LogP contribution in [0.2, 0.25) is 0 Å². The molecule has 4 aliphatic carbocycles. The predicted octanol–water partition coefficient (Wildman–Crippen LogP) is 4.35. The van der Waals surface area contributed by atoms with Gasteiger partial charge in [0.2, 0.25) is 0 Å². The highest BCUT2D eigenvalue weighted by Crippen LogP contribution is 2.63. The first-order valence-corrected chi connectivity index (χ1v) is 12.8. The van der Waals surface area contributed by atoms with Gasteiger partial charge in [-0.2, -0.15) is 0 Å². The number of tetrazole rings is 1. The van der Waals surface area contributed by atoms with Crippen molar-refractivity contribution in [3.05, 3.63) is 5.82 Å².